The van der Waals surface area contributed by atoms with Gasteiger partial charge >= 0.3 is 16.4 Å². The summed E-state index contributed by atoms with van der Waals surface area (Å²) in [5.74, 6) is -0.576. The molecule has 0 amide bonds. The monoisotopic (exact) mass is 708 g/mol. The number of esters is 1. The highest BCUT2D eigenvalue weighted by atomic mass is 32.3. The number of hydrogen-bond acceptors (Lipinski definition) is 11. The van der Waals surface area contributed by atoms with Crippen LogP contribution in [0.25, 0.3) is 0 Å². The molecular weight excluding hydrogens is 644 g/mol. The van der Waals surface area contributed by atoms with Gasteiger partial charge in [-0.1, -0.05) is 108 Å². The van der Waals surface area contributed by atoms with Gasteiger partial charge in [0.05, 0.1) is 19.8 Å². The Labute approximate surface area is 289 Å². The van der Waals surface area contributed by atoms with Crippen LogP contribution in [-0.2, 0) is 38.3 Å². The van der Waals surface area contributed by atoms with Gasteiger partial charge in [0.25, 0.3) is 0 Å². The van der Waals surface area contributed by atoms with Crippen molar-refractivity contribution in [1.82, 2.24) is 0 Å². The number of hydrogen-bond donors (Lipinski definition) is 4. The van der Waals surface area contributed by atoms with Crippen molar-refractivity contribution in [2.75, 3.05) is 26.4 Å². The lowest BCUT2D eigenvalue weighted by Gasteiger charge is -2.41. The molecule has 1 fully saturated rings. The molecule has 1 rings (SSSR count). The zero-order valence-electron chi connectivity index (χ0n) is 29.3. The molecule has 6 unspecified atom stereocenters. The van der Waals surface area contributed by atoms with Crippen LogP contribution in [0.1, 0.15) is 129 Å². The molecule has 12 nitrogen and oxygen atoms in total. The topological polar surface area (TPSA) is 178 Å². The molecule has 0 bridgehead atoms. The SMILES string of the molecule is CCCCCCC/C=C\C/C=C\CCCCCCCCCCCCOCC(COC1OC(CO)C(O)C(OS(=O)(=O)O)C1O)OC(C)=O. The molecule has 0 saturated carbocycles. The second-order valence-corrected chi connectivity index (χ2v) is 13.6. The van der Waals surface area contributed by atoms with Crippen LogP contribution in [0.15, 0.2) is 24.3 Å². The number of rotatable bonds is 30. The first kappa shape index (κ1) is 44.6. The summed E-state index contributed by atoms with van der Waals surface area (Å²) in [5, 5.41) is 30.0. The normalized spacial score (nSPS) is 22.5. The van der Waals surface area contributed by atoms with E-state index in [1.165, 1.54) is 96.8 Å². The molecule has 1 heterocycles. The highest BCUT2D eigenvalue weighted by Gasteiger charge is 2.48. The lowest BCUT2D eigenvalue weighted by molar-refractivity contribution is -0.301. The molecule has 48 heavy (non-hydrogen) atoms. The lowest BCUT2D eigenvalue weighted by Crippen LogP contribution is -2.60. The van der Waals surface area contributed by atoms with Crippen molar-refractivity contribution < 1.29 is 56.2 Å². The van der Waals surface area contributed by atoms with E-state index in [-0.39, 0.29) is 13.2 Å². The highest BCUT2D eigenvalue weighted by molar-refractivity contribution is 7.80. The Balaban J connectivity index is 2.10. The molecule has 6 atom stereocenters. The lowest BCUT2D eigenvalue weighted by atomic mass is 9.99. The zero-order valence-corrected chi connectivity index (χ0v) is 30.1. The van der Waals surface area contributed by atoms with Gasteiger partial charge in [0.1, 0.15) is 30.5 Å². The van der Waals surface area contributed by atoms with Crippen molar-refractivity contribution in [3.8, 4) is 0 Å². The minimum atomic E-state index is -5.04. The summed E-state index contributed by atoms with van der Waals surface area (Å²) in [4.78, 5) is 11.6. The molecule has 1 saturated heterocycles. The van der Waals surface area contributed by atoms with Crippen LogP contribution in [0.3, 0.4) is 0 Å². The van der Waals surface area contributed by atoms with Gasteiger partial charge in [-0.05, 0) is 38.5 Å². The van der Waals surface area contributed by atoms with E-state index in [1.807, 2.05) is 0 Å². The fourth-order valence-electron chi connectivity index (χ4n) is 5.47. The summed E-state index contributed by atoms with van der Waals surface area (Å²) in [7, 11) is -5.04. The number of carbonyl (C=O) groups excluding carboxylic acids is 1. The number of aliphatic hydroxyl groups excluding tert-OH is 3. The first-order chi connectivity index (χ1) is 23.1. The molecule has 0 aromatic carbocycles. The first-order valence-electron chi connectivity index (χ1n) is 18.0. The molecule has 4 N–H and O–H groups in total. The van der Waals surface area contributed by atoms with Crippen LogP contribution in [0.4, 0.5) is 0 Å². The second kappa shape index (κ2) is 28.3. The Morgan fingerprint density at radius 3 is 1.85 bits per heavy atom. The van der Waals surface area contributed by atoms with Crippen molar-refractivity contribution in [3.05, 3.63) is 24.3 Å². The predicted molar refractivity (Wildman–Crippen MR) is 184 cm³/mol. The smallest absolute Gasteiger partial charge is 0.397 e. The van der Waals surface area contributed by atoms with E-state index in [4.69, 9.17) is 23.5 Å². The average Bonchev–Trinajstić information content (AvgIpc) is 3.03. The Kier molecular flexibility index (Phi) is 26.3. The summed E-state index contributed by atoms with van der Waals surface area (Å²) in [6.07, 6.45) is 21.9. The number of carbonyl (C=O) groups is 1. The van der Waals surface area contributed by atoms with E-state index in [0.29, 0.717) is 6.61 Å². The molecule has 1 aliphatic rings. The van der Waals surface area contributed by atoms with E-state index in [2.05, 4.69) is 35.4 Å². The van der Waals surface area contributed by atoms with Gasteiger partial charge in [-0.25, -0.2) is 4.18 Å². The van der Waals surface area contributed by atoms with Crippen LogP contribution in [0, 0.1) is 0 Å². The van der Waals surface area contributed by atoms with Gasteiger partial charge in [0.2, 0.25) is 0 Å². The van der Waals surface area contributed by atoms with Crippen molar-refractivity contribution in [3.63, 3.8) is 0 Å². The number of unbranched alkanes of at least 4 members (excludes halogenated alkanes) is 15. The Morgan fingerprint density at radius 2 is 1.33 bits per heavy atom. The van der Waals surface area contributed by atoms with Crippen LogP contribution < -0.4 is 0 Å². The largest absolute Gasteiger partial charge is 0.458 e. The second-order valence-electron chi connectivity index (χ2n) is 12.5. The maximum absolute atomic E-state index is 11.6. The van der Waals surface area contributed by atoms with E-state index < -0.39 is 59.8 Å². The quantitative estimate of drug-likeness (QED) is 0.0309. The zero-order chi connectivity index (χ0) is 35.5. The van der Waals surface area contributed by atoms with E-state index in [0.717, 1.165) is 25.7 Å². The fourth-order valence-corrected chi connectivity index (χ4v) is 5.97. The minimum absolute atomic E-state index is 0.0193. The third kappa shape index (κ3) is 23.1. The third-order valence-corrected chi connectivity index (χ3v) is 8.59. The molecule has 282 valence electrons. The predicted octanol–water partition coefficient (Wildman–Crippen LogP) is 5.73. The summed E-state index contributed by atoms with van der Waals surface area (Å²) in [6, 6.07) is 0. The molecule has 0 spiro atoms. The maximum Gasteiger partial charge on any atom is 0.397 e. The highest BCUT2D eigenvalue weighted by Crippen LogP contribution is 2.26. The first-order valence-corrected chi connectivity index (χ1v) is 19.4. The van der Waals surface area contributed by atoms with Gasteiger partial charge in [-0.3, -0.25) is 9.35 Å². The molecular formula is C35H64O12S. The summed E-state index contributed by atoms with van der Waals surface area (Å²) >= 11 is 0. The number of ether oxygens (including phenoxy) is 4. The van der Waals surface area contributed by atoms with Crippen molar-refractivity contribution in [2.45, 2.75) is 166 Å². The molecule has 13 heteroatoms. The molecule has 0 aromatic rings. The Bertz CT molecular complexity index is 957. The fraction of sp³-hybridized carbons (Fsp3) is 0.857. The summed E-state index contributed by atoms with van der Waals surface area (Å²) in [5.41, 5.74) is 0. The summed E-state index contributed by atoms with van der Waals surface area (Å²) in [6.45, 7) is 2.93. The molecule has 0 radical (unpaired) electrons. The van der Waals surface area contributed by atoms with E-state index >= 15 is 0 Å². The van der Waals surface area contributed by atoms with E-state index in [1.54, 1.807) is 0 Å². The van der Waals surface area contributed by atoms with Gasteiger partial charge < -0.3 is 34.3 Å². The standard InChI is InChI=1S/C35H64O12S/c1-3-4-5-6-7-8-9-10-11-12-13-14-15-16-17-18-19-20-21-22-23-24-25-43-27-30(45-29(2)37)28-44-35-33(39)34(47-48(40,41)42)32(38)31(26-36)46-35/h9-10,12-13,30-36,38-39H,3-8,11,14-28H2,1-2H3,(H,40,41,42)/b10-9-,13-12-. The third-order valence-electron chi connectivity index (χ3n) is 8.13. The van der Waals surface area contributed by atoms with E-state index in [9.17, 15) is 28.5 Å². The van der Waals surface area contributed by atoms with Crippen molar-refractivity contribution >= 4 is 16.4 Å². The van der Waals surface area contributed by atoms with Crippen LogP contribution in [0.2, 0.25) is 0 Å². The molecule has 0 aliphatic carbocycles. The number of aliphatic hydroxyl groups is 3. The molecule has 1 aliphatic heterocycles. The maximum atomic E-state index is 11.6. The number of allylic oxidation sites excluding steroid dienone is 4. The van der Waals surface area contributed by atoms with Crippen LogP contribution >= 0.6 is 0 Å². The van der Waals surface area contributed by atoms with Crippen molar-refractivity contribution in [1.29, 1.82) is 0 Å². The Morgan fingerprint density at radius 1 is 0.792 bits per heavy atom. The van der Waals surface area contributed by atoms with Gasteiger partial charge in [0.15, 0.2) is 6.29 Å². The van der Waals surface area contributed by atoms with Gasteiger partial charge in [-0.15, -0.1) is 0 Å². The van der Waals surface area contributed by atoms with Crippen molar-refractivity contribution in [2.24, 2.45) is 0 Å². The van der Waals surface area contributed by atoms with Crippen LogP contribution in [-0.4, -0.2) is 97.5 Å². The minimum Gasteiger partial charge on any atom is -0.458 e. The van der Waals surface area contributed by atoms with Crippen LogP contribution in [0.5, 0.6) is 0 Å². The van der Waals surface area contributed by atoms with Gasteiger partial charge in [-0.2, -0.15) is 8.42 Å². The summed E-state index contributed by atoms with van der Waals surface area (Å²) < 4.78 is 57.3. The Hall–Kier alpha value is -1.42. The van der Waals surface area contributed by atoms with Gasteiger partial charge in [0, 0.05) is 13.5 Å². The molecule has 0 aromatic heterocycles. The average molecular weight is 709 g/mol.